The topological polar surface area (TPSA) is 82.0 Å². The molecule has 2 saturated carbocycles. The van der Waals surface area contributed by atoms with Gasteiger partial charge in [0.15, 0.2) is 11.5 Å². The average Bonchev–Trinajstić information content (AvgIpc) is 3.34. The summed E-state index contributed by atoms with van der Waals surface area (Å²) >= 11 is 6.07. The Bertz CT molecular complexity index is 645. The summed E-state index contributed by atoms with van der Waals surface area (Å²) in [5, 5.41) is 22.8. The number of nitrogens with one attached hydrogen (secondary N) is 1. The van der Waals surface area contributed by atoms with Gasteiger partial charge in [0, 0.05) is 25.2 Å². The van der Waals surface area contributed by atoms with E-state index in [-0.39, 0.29) is 17.3 Å². The molecule has 1 aromatic rings. The Balaban J connectivity index is 1.48. The smallest absolute Gasteiger partial charge is 0.317 e. The molecule has 0 atom stereocenters. The largest absolute Gasteiger partial charge is 0.503 e. The maximum atomic E-state index is 11.1. The molecule has 1 aromatic carbocycles. The molecule has 3 N–H and O–H groups in total. The molecule has 3 rings (SSSR count). The number of phenolic OH excluding ortho intramolecular Hbond substituents is 1. The zero-order valence-corrected chi connectivity index (χ0v) is 15.8. The highest BCUT2D eigenvalue weighted by molar-refractivity contribution is 6.32. The molecule has 144 valence electrons. The molecule has 0 heterocycles. The Kier molecular flexibility index (Phi) is 6.27. The van der Waals surface area contributed by atoms with E-state index >= 15 is 0 Å². The van der Waals surface area contributed by atoms with Crippen LogP contribution in [0.4, 0.5) is 0 Å². The molecule has 2 fully saturated rings. The number of carbonyl (C=O) groups is 1. The highest BCUT2D eigenvalue weighted by Crippen LogP contribution is 2.36. The molecule has 0 amide bonds. The van der Waals surface area contributed by atoms with Gasteiger partial charge in [-0.1, -0.05) is 11.6 Å². The molecule has 2 aliphatic carbocycles. The number of phenols is 1. The quantitative estimate of drug-likeness (QED) is 0.577. The first kappa shape index (κ1) is 19.3. The second kappa shape index (κ2) is 8.46. The number of ether oxygens (including phenoxy) is 1. The first-order valence-electron chi connectivity index (χ1n) is 9.29. The number of nitrogens with zero attached hydrogens (tertiary/aromatic N) is 1. The zero-order chi connectivity index (χ0) is 18.7. The second-order valence-corrected chi connectivity index (χ2v) is 7.73. The number of rotatable bonds is 10. The van der Waals surface area contributed by atoms with E-state index < -0.39 is 5.97 Å². The van der Waals surface area contributed by atoms with Crippen LogP contribution in [0.1, 0.15) is 38.2 Å². The number of halogens is 1. The van der Waals surface area contributed by atoms with Gasteiger partial charge in [0.25, 0.3) is 0 Å². The maximum Gasteiger partial charge on any atom is 0.317 e. The molecule has 0 aliphatic heterocycles. The van der Waals surface area contributed by atoms with E-state index in [0.29, 0.717) is 36.9 Å². The van der Waals surface area contributed by atoms with Gasteiger partial charge in [0.2, 0.25) is 0 Å². The summed E-state index contributed by atoms with van der Waals surface area (Å²) in [6.07, 6.45) is 4.39. The van der Waals surface area contributed by atoms with Gasteiger partial charge in [-0.15, -0.1) is 0 Å². The van der Waals surface area contributed by atoms with Crippen molar-refractivity contribution in [1.82, 2.24) is 10.2 Å². The number of carboxylic acid groups (broad SMARTS) is 1. The number of hydrogen-bond donors (Lipinski definition) is 3. The number of aromatic hydroxyl groups is 1. The minimum Gasteiger partial charge on any atom is -0.503 e. The summed E-state index contributed by atoms with van der Waals surface area (Å²) < 4.78 is 5.41. The summed E-state index contributed by atoms with van der Waals surface area (Å²) in [6, 6.07) is 4.27. The van der Waals surface area contributed by atoms with E-state index in [1.165, 1.54) is 12.8 Å². The van der Waals surface area contributed by atoms with E-state index in [4.69, 9.17) is 21.4 Å². The Hall–Kier alpha value is -1.50. The fourth-order valence-corrected chi connectivity index (χ4v) is 3.69. The van der Waals surface area contributed by atoms with Crippen molar-refractivity contribution in [3.05, 3.63) is 22.7 Å². The van der Waals surface area contributed by atoms with Crippen LogP contribution in [0.5, 0.6) is 11.5 Å². The molecule has 2 aliphatic rings. The van der Waals surface area contributed by atoms with E-state index in [1.54, 1.807) is 12.1 Å². The molecule has 0 saturated heterocycles. The van der Waals surface area contributed by atoms with Crippen LogP contribution in [-0.4, -0.2) is 52.9 Å². The summed E-state index contributed by atoms with van der Waals surface area (Å²) in [5.41, 5.74) is 0.958. The maximum absolute atomic E-state index is 11.1. The van der Waals surface area contributed by atoms with Crippen molar-refractivity contribution in [2.45, 2.75) is 51.2 Å². The first-order valence-corrected chi connectivity index (χ1v) is 9.67. The Labute approximate surface area is 159 Å². The molecule has 6 nitrogen and oxygen atoms in total. The van der Waals surface area contributed by atoms with Gasteiger partial charge in [-0.2, -0.15) is 0 Å². The minimum atomic E-state index is -0.746. The molecule has 0 unspecified atom stereocenters. The molecular weight excluding hydrogens is 356 g/mol. The molecule has 0 aromatic heterocycles. The van der Waals surface area contributed by atoms with E-state index in [0.717, 1.165) is 24.9 Å². The van der Waals surface area contributed by atoms with Gasteiger partial charge in [0.05, 0.1) is 18.2 Å². The molecular formula is C19H27ClN2O4. The van der Waals surface area contributed by atoms with Crippen LogP contribution >= 0.6 is 11.6 Å². The van der Waals surface area contributed by atoms with Gasteiger partial charge >= 0.3 is 5.97 Å². The first-order chi connectivity index (χ1) is 12.5. The molecule has 0 bridgehead atoms. The van der Waals surface area contributed by atoms with Gasteiger partial charge < -0.3 is 20.3 Å². The molecule has 26 heavy (non-hydrogen) atoms. The Morgan fingerprint density at radius 2 is 2.12 bits per heavy atom. The lowest BCUT2D eigenvalue weighted by atomic mass is 9.85. The summed E-state index contributed by atoms with van der Waals surface area (Å²) in [4.78, 5) is 13.2. The number of benzene rings is 1. The lowest BCUT2D eigenvalue weighted by Gasteiger charge is -2.43. The minimum absolute atomic E-state index is 0.0228. The van der Waals surface area contributed by atoms with Crippen LogP contribution in [0.2, 0.25) is 5.02 Å². The van der Waals surface area contributed by atoms with Crippen molar-refractivity contribution in [3.63, 3.8) is 0 Å². The van der Waals surface area contributed by atoms with Crippen LogP contribution in [-0.2, 0) is 11.3 Å². The number of hydrogen-bond acceptors (Lipinski definition) is 5. The highest BCUT2D eigenvalue weighted by atomic mass is 35.5. The van der Waals surface area contributed by atoms with Crippen LogP contribution in [0.15, 0.2) is 12.1 Å². The lowest BCUT2D eigenvalue weighted by molar-refractivity contribution is -0.139. The van der Waals surface area contributed by atoms with Gasteiger partial charge in [-0.3, -0.25) is 9.69 Å². The molecule has 7 heteroatoms. The third-order valence-electron chi connectivity index (χ3n) is 5.14. The molecule has 0 radical (unpaired) electrons. The average molecular weight is 383 g/mol. The number of aliphatic carboxylic acids is 1. The Morgan fingerprint density at radius 1 is 1.38 bits per heavy atom. The molecule has 0 spiro atoms. The van der Waals surface area contributed by atoms with Crippen molar-refractivity contribution in [2.75, 3.05) is 19.7 Å². The van der Waals surface area contributed by atoms with E-state index in [2.05, 4.69) is 10.2 Å². The van der Waals surface area contributed by atoms with E-state index in [9.17, 15) is 9.90 Å². The normalized spacial score (nSPS) is 22.3. The van der Waals surface area contributed by atoms with Crippen molar-refractivity contribution < 1.29 is 19.7 Å². The third kappa shape index (κ3) is 5.02. The Morgan fingerprint density at radius 3 is 2.73 bits per heavy atom. The lowest BCUT2D eigenvalue weighted by Crippen LogP contribution is -2.54. The van der Waals surface area contributed by atoms with Gasteiger partial charge in [0.1, 0.15) is 0 Å². The van der Waals surface area contributed by atoms with Crippen molar-refractivity contribution in [1.29, 1.82) is 0 Å². The van der Waals surface area contributed by atoms with E-state index in [1.807, 2.05) is 6.92 Å². The predicted molar refractivity (Wildman–Crippen MR) is 99.9 cm³/mol. The van der Waals surface area contributed by atoms with Crippen molar-refractivity contribution in [3.8, 4) is 11.5 Å². The second-order valence-electron chi connectivity index (χ2n) is 7.33. The number of carboxylic acids is 1. The summed E-state index contributed by atoms with van der Waals surface area (Å²) in [6.45, 7) is 4.01. The van der Waals surface area contributed by atoms with Gasteiger partial charge in [-0.25, -0.2) is 0 Å². The predicted octanol–water partition coefficient (Wildman–Crippen LogP) is 2.86. The van der Waals surface area contributed by atoms with Crippen molar-refractivity contribution in [2.24, 2.45) is 5.92 Å². The van der Waals surface area contributed by atoms with Crippen LogP contribution in [0.3, 0.4) is 0 Å². The van der Waals surface area contributed by atoms with Crippen molar-refractivity contribution >= 4 is 17.6 Å². The SMILES string of the molecule is CCOc1cc(CNC2CC(N(CC(=O)O)CC3CC3)C2)cc(Cl)c1O. The summed E-state index contributed by atoms with van der Waals surface area (Å²) in [7, 11) is 0. The van der Waals surface area contributed by atoms with Crippen LogP contribution < -0.4 is 10.1 Å². The highest BCUT2D eigenvalue weighted by Gasteiger charge is 2.36. The van der Waals surface area contributed by atoms with Gasteiger partial charge in [-0.05, 0) is 56.2 Å². The van der Waals surface area contributed by atoms with Crippen LogP contribution in [0.25, 0.3) is 0 Å². The van der Waals surface area contributed by atoms with Crippen LogP contribution in [0, 0.1) is 5.92 Å². The fourth-order valence-electron chi connectivity index (χ4n) is 3.46. The summed E-state index contributed by atoms with van der Waals surface area (Å²) in [5.74, 6) is 0.326. The monoisotopic (exact) mass is 382 g/mol. The fraction of sp³-hybridized carbons (Fsp3) is 0.632. The zero-order valence-electron chi connectivity index (χ0n) is 15.1. The standard InChI is InChI=1S/C19H27ClN2O4/c1-2-26-17-6-13(5-16(20)19(17)25)9-21-14-7-15(8-14)22(11-18(23)24)10-12-3-4-12/h5-6,12,14-15,21,25H,2-4,7-11H2,1H3,(H,23,24). The third-order valence-corrected chi connectivity index (χ3v) is 5.43.